The Bertz CT molecular complexity index is 489. The van der Waals surface area contributed by atoms with E-state index in [0.717, 1.165) is 5.06 Å². The van der Waals surface area contributed by atoms with Gasteiger partial charge in [0, 0.05) is 5.02 Å². The number of rotatable bonds is 2. The quantitative estimate of drug-likeness (QED) is 0.858. The fraction of sp³-hybridized carbons (Fsp3) is 0.417. The molecule has 6 heteroatoms. The molecule has 0 aromatic heterocycles. The van der Waals surface area contributed by atoms with E-state index in [1.54, 1.807) is 19.9 Å². The van der Waals surface area contributed by atoms with Gasteiger partial charge in [-0.25, -0.2) is 9.90 Å². The van der Waals surface area contributed by atoms with Crippen LogP contribution < -0.4 is 0 Å². The molecule has 2 N–H and O–H groups in total. The maximum absolute atomic E-state index is 12.0. The zero-order chi connectivity index (χ0) is 13.5. The highest BCUT2D eigenvalue weighted by Gasteiger charge is 2.48. The van der Waals surface area contributed by atoms with Crippen molar-refractivity contribution in [2.45, 2.75) is 26.7 Å². The summed E-state index contributed by atoms with van der Waals surface area (Å²) in [5.74, 6) is -0.253. The Balaban J connectivity index is 2.18. The zero-order valence-electron chi connectivity index (χ0n) is 10.1. The third-order valence-electron chi connectivity index (χ3n) is 2.97. The largest absolute Gasteiger partial charge is 0.508 e. The third kappa shape index (κ3) is 2.16. The van der Waals surface area contributed by atoms with Crippen LogP contribution in [-0.4, -0.2) is 27.5 Å². The molecule has 1 aliphatic heterocycles. The van der Waals surface area contributed by atoms with E-state index in [9.17, 15) is 15.0 Å². The number of carbonyl (C=O) groups is 1. The minimum atomic E-state index is -1.17. The molecule has 0 radical (unpaired) electrons. The first-order chi connectivity index (χ1) is 8.32. The highest BCUT2D eigenvalue weighted by Crippen LogP contribution is 2.34. The molecule has 1 fully saturated rings. The van der Waals surface area contributed by atoms with E-state index in [0.29, 0.717) is 10.6 Å². The minimum Gasteiger partial charge on any atom is -0.508 e. The summed E-state index contributed by atoms with van der Waals surface area (Å²) in [5.41, 5.74) is -0.337. The molecule has 18 heavy (non-hydrogen) atoms. The van der Waals surface area contributed by atoms with Crippen LogP contribution in [0.15, 0.2) is 18.2 Å². The summed E-state index contributed by atoms with van der Waals surface area (Å²) >= 11 is 5.95. The van der Waals surface area contributed by atoms with Gasteiger partial charge in [-0.1, -0.05) is 17.7 Å². The van der Waals surface area contributed by atoms with E-state index in [2.05, 4.69) is 0 Å². The average Bonchev–Trinajstić information content (AvgIpc) is 2.47. The number of aliphatic hydroxyl groups is 1. The molecule has 1 aromatic rings. The first kappa shape index (κ1) is 13.1. The lowest BCUT2D eigenvalue weighted by Crippen LogP contribution is -2.32. The third-order valence-corrected chi connectivity index (χ3v) is 3.32. The van der Waals surface area contributed by atoms with Crippen LogP contribution in [0, 0.1) is 5.41 Å². The van der Waals surface area contributed by atoms with Crippen molar-refractivity contribution in [3.05, 3.63) is 28.8 Å². The van der Waals surface area contributed by atoms with Crippen LogP contribution in [0.25, 0.3) is 0 Å². The normalized spacial score (nSPS) is 22.6. The van der Waals surface area contributed by atoms with E-state index in [-0.39, 0.29) is 18.2 Å². The molecule has 1 amide bonds. The van der Waals surface area contributed by atoms with Crippen LogP contribution in [0.5, 0.6) is 5.75 Å². The molecule has 0 saturated carbocycles. The van der Waals surface area contributed by atoms with Gasteiger partial charge in [0.15, 0.2) is 6.29 Å². The molecule has 1 heterocycles. The predicted octanol–water partition coefficient (Wildman–Crippen LogP) is 1.66. The average molecular weight is 272 g/mol. The lowest BCUT2D eigenvalue weighted by Gasteiger charge is -2.16. The van der Waals surface area contributed by atoms with E-state index in [4.69, 9.17) is 16.4 Å². The van der Waals surface area contributed by atoms with Crippen LogP contribution in [0.1, 0.15) is 19.4 Å². The summed E-state index contributed by atoms with van der Waals surface area (Å²) in [5, 5.41) is 20.3. The van der Waals surface area contributed by atoms with Gasteiger partial charge >= 0.3 is 0 Å². The number of nitrogens with zero attached hydrogens (tertiary/aromatic N) is 1. The minimum absolute atomic E-state index is 0.0535. The van der Waals surface area contributed by atoms with Crippen LogP contribution in [-0.2, 0) is 16.2 Å². The molecule has 1 aliphatic rings. The summed E-state index contributed by atoms with van der Waals surface area (Å²) in [7, 11) is 0. The second-order valence-corrected chi connectivity index (χ2v) is 5.20. The molecule has 1 unspecified atom stereocenters. The molecule has 1 atom stereocenters. The lowest BCUT2D eigenvalue weighted by atomic mass is 9.92. The van der Waals surface area contributed by atoms with Crippen molar-refractivity contribution in [1.82, 2.24) is 5.06 Å². The predicted molar refractivity (Wildman–Crippen MR) is 64.5 cm³/mol. The van der Waals surface area contributed by atoms with E-state index < -0.39 is 11.7 Å². The first-order valence-corrected chi connectivity index (χ1v) is 5.84. The number of halogens is 1. The second kappa shape index (κ2) is 4.42. The summed E-state index contributed by atoms with van der Waals surface area (Å²) in [6, 6.07) is 4.47. The van der Waals surface area contributed by atoms with Crippen molar-refractivity contribution < 1.29 is 19.8 Å². The summed E-state index contributed by atoms with van der Waals surface area (Å²) in [6.07, 6.45) is -1.17. The fourth-order valence-corrected chi connectivity index (χ4v) is 1.89. The van der Waals surface area contributed by atoms with Crippen molar-refractivity contribution in [2.75, 3.05) is 0 Å². The molecule has 2 rings (SSSR count). The molecule has 0 spiro atoms. The molecule has 0 bridgehead atoms. The number of hydrogen-bond acceptors (Lipinski definition) is 4. The molecular weight excluding hydrogens is 258 g/mol. The standard InChI is InChI=1S/C12H14ClNO4/c1-12(2)10(16)14(18-11(12)17)6-7-3-4-8(15)5-9(7)13/h3-5,11,15,17H,6H2,1-2H3. The second-order valence-electron chi connectivity index (χ2n) is 4.80. The first-order valence-electron chi connectivity index (χ1n) is 5.46. The van der Waals surface area contributed by atoms with Crippen molar-refractivity contribution >= 4 is 17.5 Å². The smallest absolute Gasteiger partial charge is 0.257 e. The SMILES string of the molecule is CC1(C)C(=O)N(Cc2ccc(O)cc2Cl)OC1O. The Morgan fingerprint density at radius 2 is 2.17 bits per heavy atom. The van der Waals surface area contributed by atoms with Gasteiger partial charge < -0.3 is 10.2 Å². The zero-order valence-corrected chi connectivity index (χ0v) is 10.8. The Morgan fingerprint density at radius 1 is 1.50 bits per heavy atom. The van der Waals surface area contributed by atoms with E-state index in [1.165, 1.54) is 12.1 Å². The van der Waals surface area contributed by atoms with Crippen molar-refractivity contribution in [3.8, 4) is 5.75 Å². The van der Waals surface area contributed by atoms with Crippen molar-refractivity contribution in [1.29, 1.82) is 0 Å². The maximum Gasteiger partial charge on any atom is 0.257 e. The van der Waals surface area contributed by atoms with Gasteiger partial charge in [0.1, 0.15) is 5.75 Å². The molecule has 1 saturated heterocycles. The Hall–Kier alpha value is -1.30. The number of phenolic OH excluding ortho intramolecular Hbond substituents is 1. The number of carbonyl (C=O) groups excluding carboxylic acids is 1. The van der Waals surface area contributed by atoms with E-state index >= 15 is 0 Å². The summed E-state index contributed by atoms with van der Waals surface area (Å²) in [6.45, 7) is 3.34. The number of hydroxylamine groups is 2. The van der Waals surface area contributed by atoms with Gasteiger partial charge in [-0.3, -0.25) is 4.79 Å². The highest BCUT2D eigenvalue weighted by molar-refractivity contribution is 6.31. The van der Waals surface area contributed by atoms with Crippen molar-refractivity contribution in [3.63, 3.8) is 0 Å². The lowest BCUT2D eigenvalue weighted by molar-refractivity contribution is -0.228. The Kier molecular flexibility index (Phi) is 3.23. The fourth-order valence-electron chi connectivity index (χ4n) is 1.66. The molecule has 98 valence electrons. The summed E-state index contributed by atoms with van der Waals surface area (Å²) < 4.78 is 0. The van der Waals surface area contributed by atoms with Crippen LogP contribution >= 0.6 is 11.6 Å². The maximum atomic E-state index is 12.0. The Labute approximate surface area is 109 Å². The van der Waals surface area contributed by atoms with Crippen LogP contribution in [0.4, 0.5) is 0 Å². The number of phenols is 1. The van der Waals surface area contributed by atoms with Crippen LogP contribution in [0.2, 0.25) is 5.02 Å². The molecule has 1 aromatic carbocycles. The van der Waals surface area contributed by atoms with Gasteiger partial charge in [0.2, 0.25) is 0 Å². The topological polar surface area (TPSA) is 70.0 Å². The number of benzene rings is 1. The molecular formula is C12H14ClNO4. The number of hydrogen-bond donors (Lipinski definition) is 2. The molecule has 5 nitrogen and oxygen atoms in total. The molecule has 0 aliphatic carbocycles. The van der Waals surface area contributed by atoms with Gasteiger partial charge in [0.05, 0.1) is 12.0 Å². The van der Waals surface area contributed by atoms with Gasteiger partial charge in [-0.05, 0) is 31.5 Å². The number of aliphatic hydroxyl groups excluding tert-OH is 1. The van der Waals surface area contributed by atoms with E-state index in [1.807, 2.05) is 0 Å². The van der Waals surface area contributed by atoms with Gasteiger partial charge in [-0.15, -0.1) is 0 Å². The van der Waals surface area contributed by atoms with Gasteiger partial charge in [0.25, 0.3) is 5.91 Å². The van der Waals surface area contributed by atoms with Crippen molar-refractivity contribution in [2.24, 2.45) is 5.41 Å². The van der Waals surface area contributed by atoms with Crippen LogP contribution in [0.3, 0.4) is 0 Å². The van der Waals surface area contributed by atoms with Gasteiger partial charge in [-0.2, -0.15) is 0 Å². The summed E-state index contributed by atoms with van der Waals surface area (Å²) in [4.78, 5) is 17.1. The number of aromatic hydroxyl groups is 1. The number of amides is 1. The highest BCUT2D eigenvalue weighted by atomic mass is 35.5. The Morgan fingerprint density at radius 3 is 2.67 bits per heavy atom. The monoisotopic (exact) mass is 271 g/mol.